The van der Waals surface area contributed by atoms with E-state index in [0.717, 1.165) is 6.07 Å². The highest BCUT2D eigenvalue weighted by atomic mass is 19.4. The lowest BCUT2D eigenvalue weighted by Gasteiger charge is -2.08. The topological polar surface area (TPSA) is 55.2 Å². The molecule has 15 heavy (non-hydrogen) atoms. The molecule has 0 aliphatic rings. The number of anilines is 1. The summed E-state index contributed by atoms with van der Waals surface area (Å²) in [5, 5.41) is 12.4. The number of nitrogens with one attached hydrogen (secondary N) is 1. The second kappa shape index (κ2) is 4.16. The van der Waals surface area contributed by atoms with Crippen molar-refractivity contribution in [2.75, 3.05) is 11.9 Å². The number of non-ortho nitro benzene ring substituents is 1. The Kier molecular flexibility index (Phi) is 3.13. The zero-order valence-corrected chi connectivity index (χ0v) is 7.41. The molecule has 1 aromatic carbocycles. The number of hydrogen-bond donors (Lipinski definition) is 1. The fraction of sp³-hybridized carbons (Fsp3) is 0.250. The second-order valence-electron chi connectivity index (χ2n) is 2.78. The Balaban J connectivity index is 2.70. The monoisotopic (exact) mass is 220 g/mol. The molecule has 1 aromatic rings. The molecule has 0 aromatic heterocycles. The molecule has 1 rings (SSSR count). The average Bonchev–Trinajstić information content (AvgIpc) is 2.14. The summed E-state index contributed by atoms with van der Waals surface area (Å²) in [5.41, 5.74) is -0.177. The maximum absolute atomic E-state index is 11.8. The Morgan fingerprint density at radius 3 is 2.60 bits per heavy atom. The van der Waals surface area contributed by atoms with E-state index in [4.69, 9.17) is 0 Å². The van der Waals surface area contributed by atoms with Crippen molar-refractivity contribution in [3.8, 4) is 0 Å². The van der Waals surface area contributed by atoms with E-state index in [0.29, 0.717) is 0 Å². The highest BCUT2D eigenvalue weighted by Crippen LogP contribution is 2.20. The molecule has 0 unspecified atom stereocenters. The van der Waals surface area contributed by atoms with Gasteiger partial charge in [0.05, 0.1) is 4.92 Å². The number of halogens is 3. The van der Waals surface area contributed by atoms with Gasteiger partial charge in [0, 0.05) is 17.8 Å². The third-order valence-corrected chi connectivity index (χ3v) is 1.55. The molecule has 0 spiro atoms. The Bertz CT molecular complexity index is 365. The highest BCUT2D eigenvalue weighted by molar-refractivity contribution is 5.50. The van der Waals surface area contributed by atoms with Crippen LogP contribution in [0, 0.1) is 10.1 Å². The van der Waals surface area contributed by atoms with Crippen LogP contribution in [0.15, 0.2) is 24.3 Å². The van der Waals surface area contributed by atoms with Crippen LogP contribution in [-0.2, 0) is 0 Å². The maximum Gasteiger partial charge on any atom is 0.405 e. The van der Waals surface area contributed by atoms with Gasteiger partial charge in [-0.3, -0.25) is 10.1 Å². The number of nitro benzene ring substituents is 1. The van der Waals surface area contributed by atoms with Crippen LogP contribution in [-0.4, -0.2) is 17.6 Å². The van der Waals surface area contributed by atoms with E-state index >= 15 is 0 Å². The molecule has 0 bridgehead atoms. The van der Waals surface area contributed by atoms with Crippen molar-refractivity contribution in [1.82, 2.24) is 0 Å². The predicted octanol–water partition coefficient (Wildman–Crippen LogP) is 2.57. The molecule has 0 radical (unpaired) electrons. The lowest BCUT2D eigenvalue weighted by atomic mass is 10.3. The third kappa shape index (κ3) is 3.84. The summed E-state index contributed by atoms with van der Waals surface area (Å²) < 4.78 is 35.4. The Hall–Kier alpha value is -1.79. The second-order valence-corrected chi connectivity index (χ2v) is 2.78. The van der Waals surface area contributed by atoms with Crippen molar-refractivity contribution in [3.63, 3.8) is 0 Å². The molecule has 7 heteroatoms. The maximum atomic E-state index is 11.8. The molecule has 82 valence electrons. The normalized spacial score (nSPS) is 11.1. The van der Waals surface area contributed by atoms with Gasteiger partial charge in [-0.05, 0) is 6.07 Å². The molecule has 0 aliphatic heterocycles. The summed E-state index contributed by atoms with van der Waals surface area (Å²) in [4.78, 5) is 9.64. The molecular weight excluding hydrogens is 213 g/mol. The highest BCUT2D eigenvalue weighted by Gasteiger charge is 2.26. The third-order valence-electron chi connectivity index (χ3n) is 1.55. The van der Waals surface area contributed by atoms with Crippen LogP contribution in [0.25, 0.3) is 0 Å². The lowest BCUT2D eigenvalue weighted by Crippen LogP contribution is -2.21. The number of rotatable bonds is 3. The fourth-order valence-electron chi connectivity index (χ4n) is 0.932. The summed E-state index contributed by atoms with van der Waals surface area (Å²) in [7, 11) is 0. The van der Waals surface area contributed by atoms with E-state index in [9.17, 15) is 23.3 Å². The first-order valence-electron chi connectivity index (χ1n) is 3.93. The van der Waals surface area contributed by atoms with E-state index < -0.39 is 17.6 Å². The largest absolute Gasteiger partial charge is 0.405 e. The first-order chi connectivity index (χ1) is 6.88. The van der Waals surface area contributed by atoms with Gasteiger partial charge in [-0.25, -0.2) is 0 Å². The Morgan fingerprint density at radius 1 is 1.40 bits per heavy atom. The fourth-order valence-corrected chi connectivity index (χ4v) is 0.932. The smallest absolute Gasteiger partial charge is 0.376 e. The van der Waals surface area contributed by atoms with Crippen LogP contribution >= 0.6 is 0 Å². The minimum absolute atomic E-state index is 0.0709. The van der Waals surface area contributed by atoms with Gasteiger partial charge in [-0.1, -0.05) is 6.07 Å². The minimum atomic E-state index is -4.34. The van der Waals surface area contributed by atoms with Gasteiger partial charge < -0.3 is 5.32 Å². The summed E-state index contributed by atoms with van der Waals surface area (Å²) in [6, 6.07) is 4.90. The summed E-state index contributed by atoms with van der Waals surface area (Å²) in [6.07, 6.45) is -4.34. The molecule has 0 amide bonds. The summed E-state index contributed by atoms with van der Waals surface area (Å²) in [6.45, 7) is -1.21. The SMILES string of the molecule is O=[N+]([O-])c1cccc(NCC(F)(F)F)c1. The zero-order chi connectivity index (χ0) is 11.5. The molecule has 1 N–H and O–H groups in total. The average molecular weight is 220 g/mol. The van der Waals surface area contributed by atoms with Crippen LogP contribution in [0.1, 0.15) is 0 Å². The van der Waals surface area contributed by atoms with E-state index in [1.54, 1.807) is 0 Å². The zero-order valence-electron chi connectivity index (χ0n) is 7.41. The van der Waals surface area contributed by atoms with Crippen molar-refractivity contribution in [1.29, 1.82) is 0 Å². The van der Waals surface area contributed by atoms with E-state index in [1.807, 2.05) is 0 Å². The number of nitro groups is 1. The van der Waals surface area contributed by atoms with Crippen molar-refractivity contribution >= 4 is 11.4 Å². The van der Waals surface area contributed by atoms with Gasteiger partial charge in [0.2, 0.25) is 0 Å². The van der Waals surface area contributed by atoms with E-state index in [2.05, 4.69) is 5.32 Å². The van der Waals surface area contributed by atoms with Crippen LogP contribution in [0.4, 0.5) is 24.5 Å². The molecule has 0 saturated heterocycles. The van der Waals surface area contributed by atoms with Gasteiger partial charge >= 0.3 is 6.18 Å². The van der Waals surface area contributed by atoms with Crippen LogP contribution in [0.2, 0.25) is 0 Å². The standard InChI is InChI=1S/C8H7F3N2O2/c9-8(10,11)5-12-6-2-1-3-7(4-6)13(14)15/h1-4,12H,5H2. The van der Waals surface area contributed by atoms with Crippen LogP contribution < -0.4 is 5.32 Å². The van der Waals surface area contributed by atoms with Crippen molar-refractivity contribution in [2.24, 2.45) is 0 Å². The molecule has 0 fully saturated rings. The number of nitrogens with zero attached hydrogens (tertiary/aromatic N) is 1. The predicted molar refractivity (Wildman–Crippen MR) is 47.6 cm³/mol. The van der Waals surface area contributed by atoms with Crippen molar-refractivity contribution in [2.45, 2.75) is 6.18 Å². The van der Waals surface area contributed by atoms with Crippen molar-refractivity contribution < 1.29 is 18.1 Å². The van der Waals surface area contributed by atoms with Gasteiger partial charge in [0.15, 0.2) is 0 Å². The summed E-state index contributed by atoms with van der Waals surface area (Å²) >= 11 is 0. The lowest BCUT2D eigenvalue weighted by molar-refractivity contribution is -0.384. The quantitative estimate of drug-likeness (QED) is 0.629. The molecular formula is C8H7F3N2O2. The van der Waals surface area contributed by atoms with Gasteiger partial charge in [0.25, 0.3) is 5.69 Å². The minimum Gasteiger partial charge on any atom is -0.376 e. The number of alkyl halides is 3. The molecule has 0 aliphatic carbocycles. The molecule has 0 saturated carbocycles. The van der Waals surface area contributed by atoms with E-state index in [-0.39, 0.29) is 11.4 Å². The molecule has 0 atom stereocenters. The van der Waals surface area contributed by atoms with Crippen molar-refractivity contribution in [3.05, 3.63) is 34.4 Å². The van der Waals surface area contributed by atoms with E-state index in [1.165, 1.54) is 18.2 Å². The van der Waals surface area contributed by atoms with Gasteiger partial charge in [-0.15, -0.1) is 0 Å². The summed E-state index contributed by atoms with van der Waals surface area (Å²) in [5.74, 6) is 0. The number of hydrogen-bond acceptors (Lipinski definition) is 3. The molecule has 0 heterocycles. The number of benzene rings is 1. The molecule has 4 nitrogen and oxygen atoms in total. The van der Waals surface area contributed by atoms with Gasteiger partial charge in [-0.2, -0.15) is 13.2 Å². The first-order valence-corrected chi connectivity index (χ1v) is 3.93. The Labute approximate surface area is 82.9 Å². The first kappa shape index (κ1) is 11.3. The van der Waals surface area contributed by atoms with Gasteiger partial charge in [0.1, 0.15) is 6.54 Å². The Morgan fingerprint density at radius 2 is 2.07 bits per heavy atom. The van der Waals surface area contributed by atoms with Crippen LogP contribution in [0.3, 0.4) is 0 Å². The van der Waals surface area contributed by atoms with Crippen LogP contribution in [0.5, 0.6) is 0 Å².